The fourth-order valence-electron chi connectivity index (χ4n) is 2.23. The Labute approximate surface area is 80.7 Å². The van der Waals surface area contributed by atoms with Crippen molar-refractivity contribution < 1.29 is 9.53 Å². The van der Waals surface area contributed by atoms with E-state index in [2.05, 4.69) is 6.92 Å². The summed E-state index contributed by atoms with van der Waals surface area (Å²) in [6.45, 7) is 3.70. The standard InChI is InChI=1S/C11H20O2/c1-3-4-7-11(13-10(2)12)8-5-6-9-11/h3-9H2,1-2H3. The summed E-state index contributed by atoms with van der Waals surface area (Å²) in [5.74, 6) is -0.113. The van der Waals surface area contributed by atoms with Crippen LogP contribution in [0.2, 0.25) is 0 Å². The average Bonchev–Trinajstić information content (AvgIpc) is 2.49. The lowest BCUT2D eigenvalue weighted by molar-refractivity contribution is -0.157. The number of rotatable bonds is 4. The first-order valence-corrected chi connectivity index (χ1v) is 5.38. The van der Waals surface area contributed by atoms with E-state index in [4.69, 9.17) is 4.74 Å². The maximum atomic E-state index is 10.9. The minimum absolute atomic E-state index is 0.0815. The third-order valence-corrected chi connectivity index (χ3v) is 2.86. The summed E-state index contributed by atoms with van der Waals surface area (Å²) in [6.07, 6.45) is 8.01. The van der Waals surface area contributed by atoms with Crippen LogP contribution in [0.3, 0.4) is 0 Å². The van der Waals surface area contributed by atoms with Crippen LogP contribution in [-0.2, 0) is 9.53 Å². The van der Waals surface area contributed by atoms with Gasteiger partial charge in [0.05, 0.1) is 0 Å². The smallest absolute Gasteiger partial charge is 0.303 e. The van der Waals surface area contributed by atoms with Crippen LogP contribution in [0.25, 0.3) is 0 Å². The molecule has 0 saturated heterocycles. The molecule has 0 aromatic heterocycles. The molecule has 0 atom stereocenters. The van der Waals surface area contributed by atoms with Crippen molar-refractivity contribution in [1.29, 1.82) is 0 Å². The Morgan fingerprint density at radius 2 is 2.00 bits per heavy atom. The summed E-state index contributed by atoms with van der Waals surface area (Å²) >= 11 is 0. The van der Waals surface area contributed by atoms with Crippen LogP contribution < -0.4 is 0 Å². The van der Waals surface area contributed by atoms with Crippen molar-refractivity contribution in [3.05, 3.63) is 0 Å². The van der Waals surface area contributed by atoms with Crippen LogP contribution in [0.5, 0.6) is 0 Å². The molecule has 0 aromatic carbocycles. The van der Waals surface area contributed by atoms with Crippen LogP contribution in [0.1, 0.15) is 58.8 Å². The molecule has 0 N–H and O–H groups in total. The fourth-order valence-corrected chi connectivity index (χ4v) is 2.23. The molecule has 0 radical (unpaired) electrons. The number of carbonyl (C=O) groups is 1. The molecule has 1 aliphatic carbocycles. The lowest BCUT2D eigenvalue weighted by Crippen LogP contribution is -2.30. The predicted molar refractivity (Wildman–Crippen MR) is 52.5 cm³/mol. The first-order valence-electron chi connectivity index (χ1n) is 5.38. The fraction of sp³-hybridized carbons (Fsp3) is 0.909. The van der Waals surface area contributed by atoms with Crippen LogP contribution in [0, 0.1) is 0 Å². The summed E-state index contributed by atoms with van der Waals surface area (Å²) in [4.78, 5) is 10.9. The van der Waals surface area contributed by atoms with E-state index in [-0.39, 0.29) is 11.6 Å². The van der Waals surface area contributed by atoms with Gasteiger partial charge < -0.3 is 4.74 Å². The summed E-state index contributed by atoms with van der Waals surface area (Å²) in [5.41, 5.74) is -0.0815. The molecular weight excluding hydrogens is 164 g/mol. The topological polar surface area (TPSA) is 26.3 Å². The van der Waals surface area contributed by atoms with Gasteiger partial charge in [-0.1, -0.05) is 13.3 Å². The summed E-state index contributed by atoms with van der Waals surface area (Å²) < 4.78 is 5.46. The second kappa shape index (κ2) is 4.64. The van der Waals surface area contributed by atoms with Gasteiger partial charge in [-0.3, -0.25) is 4.79 Å². The van der Waals surface area contributed by atoms with Gasteiger partial charge in [0.2, 0.25) is 0 Å². The molecule has 1 aliphatic rings. The van der Waals surface area contributed by atoms with Crippen molar-refractivity contribution in [3.8, 4) is 0 Å². The average molecular weight is 184 g/mol. The highest BCUT2D eigenvalue weighted by Gasteiger charge is 2.35. The largest absolute Gasteiger partial charge is 0.459 e. The predicted octanol–water partition coefficient (Wildman–Crippen LogP) is 3.05. The normalized spacial score (nSPS) is 20.2. The molecule has 0 aliphatic heterocycles. The van der Waals surface area contributed by atoms with E-state index < -0.39 is 0 Å². The van der Waals surface area contributed by atoms with E-state index in [0.717, 1.165) is 19.3 Å². The third-order valence-electron chi connectivity index (χ3n) is 2.86. The highest BCUT2D eigenvalue weighted by atomic mass is 16.6. The Bertz CT molecular complexity index is 169. The molecule has 0 amide bonds. The summed E-state index contributed by atoms with van der Waals surface area (Å²) in [7, 11) is 0. The van der Waals surface area contributed by atoms with Crippen molar-refractivity contribution >= 4 is 5.97 Å². The van der Waals surface area contributed by atoms with Crippen LogP contribution in [0.15, 0.2) is 0 Å². The lowest BCUT2D eigenvalue weighted by Gasteiger charge is -2.28. The molecule has 2 heteroatoms. The number of ether oxygens (including phenoxy) is 1. The van der Waals surface area contributed by atoms with Gasteiger partial charge in [0.25, 0.3) is 0 Å². The molecule has 0 bridgehead atoms. The molecule has 0 spiro atoms. The van der Waals surface area contributed by atoms with Crippen molar-refractivity contribution in [2.45, 2.75) is 64.4 Å². The molecule has 1 fully saturated rings. The second-order valence-electron chi connectivity index (χ2n) is 4.09. The first kappa shape index (κ1) is 10.6. The van der Waals surface area contributed by atoms with Crippen LogP contribution in [-0.4, -0.2) is 11.6 Å². The Hall–Kier alpha value is -0.530. The Balaban J connectivity index is 2.47. The molecule has 0 heterocycles. The lowest BCUT2D eigenvalue weighted by atomic mass is 9.95. The molecule has 2 nitrogen and oxygen atoms in total. The van der Waals surface area contributed by atoms with Gasteiger partial charge in [-0.15, -0.1) is 0 Å². The molecule has 1 rings (SSSR count). The van der Waals surface area contributed by atoms with Gasteiger partial charge in [-0.25, -0.2) is 0 Å². The number of unbranched alkanes of at least 4 members (excludes halogenated alkanes) is 1. The summed E-state index contributed by atoms with van der Waals surface area (Å²) in [6, 6.07) is 0. The molecule has 13 heavy (non-hydrogen) atoms. The monoisotopic (exact) mass is 184 g/mol. The Morgan fingerprint density at radius 3 is 2.46 bits per heavy atom. The van der Waals surface area contributed by atoms with Crippen molar-refractivity contribution in [2.24, 2.45) is 0 Å². The van der Waals surface area contributed by atoms with Gasteiger partial charge in [-0.05, 0) is 38.5 Å². The van der Waals surface area contributed by atoms with E-state index in [9.17, 15) is 4.79 Å². The molecule has 76 valence electrons. The zero-order chi connectivity index (χ0) is 9.73. The van der Waals surface area contributed by atoms with E-state index in [1.54, 1.807) is 0 Å². The van der Waals surface area contributed by atoms with Crippen molar-refractivity contribution in [2.75, 3.05) is 0 Å². The van der Waals surface area contributed by atoms with Crippen molar-refractivity contribution in [1.82, 2.24) is 0 Å². The van der Waals surface area contributed by atoms with E-state index in [1.165, 1.54) is 32.6 Å². The number of esters is 1. The highest BCUT2D eigenvalue weighted by molar-refractivity contribution is 5.66. The Kier molecular flexibility index (Phi) is 3.76. The van der Waals surface area contributed by atoms with E-state index in [0.29, 0.717) is 0 Å². The van der Waals surface area contributed by atoms with Gasteiger partial charge in [-0.2, -0.15) is 0 Å². The van der Waals surface area contributed by atoms with Gasteiger partial charge in [0.15, 0.2) is 0 Å². The van der Waals surface area contributed by atoms with Crippen LogP contribution >= 0.6 is 0 Å². The SMILES string of the molecule is CCCCC1(OC(C)=O)CCCC1. The van der Waals surface area contributed by atoms with Crippen LogP contribution in [0.4, 0.5) is 0 Å². The van der Waals surface area contributed by atoms with Crippen molar-refractivity contribution in [3.63, 3.8) is 0 Å². The first-order chi connectivity index (χ1) is 6.18. The second-order valence-corrected chi connectivity index (χ2v) is 4.09. The van der Waals surface area contributed by atoms with E-state index in [1.807, 2.05) is 0 Å². The van der Waals surface area contributed by atoms with Gasteiger partial charge in [0.1, 0.15) is 5.60 Å². The number of hydrogen-bond donors (Lipinski definition) is 0. The zero-order valence-electron chi connectivity index (χ0n) is 8.77. The third kappa shape index (κ3) is 3.02. The molecular formula is C11H20O2. The molecule has 1 saturated carbocycles. The highest BCUT2D eigenvalue weighted by Crippen LogP contribution is 2.37. The maximum Gasteiger partial charge on any atom is 0.303 e. The van der Waals surface area contributed by atoms with Gasteiger partial charge in [0, 0.05) is 6.92 Å². The maximum absolute atomic E-state index is 10.9. The summed E-state index contributed by atoms with van der Waals surface area (Å²) in [5, 5.41) is 0. The van der Waals surface area contributed by atoms with Gasteiger partial charge >= 0.3 is 5.97 Å². The number of hydrogen-bond acceptors (Lipinski definition) is 2. The zero-order valence-corrected chi connectivity index (χ0v) is 8.77. The minimum atomic E-state index is -0.113. The molecule has 0 unspecified atom stereocenters. The quantitative estimate of drug-likeness (QED) is 0.628. The molecule has 0 aromatic rings. The number of carbonyl (C=O) groups excluding carboxylic acids is 1. The van der Waals surface area contributed by atoms with E-state index >= 15 is 0 Å². The minimum Gasteiger partial charge on any atom is -0.459 e. The Morgan fingerprint density at radius 1 is 1.38 bits per heavy atom.